The quantitative estimate of drug-likeness (QED) is 0.190. The second-order valence-corrected chi connectivity index (χ2v) is 8.11. The number of fused-ring (bicyclic) bond motifs is 4. The molecule has 0 amide bonds. The zero-order valence-corrected chi connectivity index (χ0v) is 18.9. The van der Waals surface area contributed by atoms with Crippen molar-refractivity contribution in [1.82, 2.24) is 0 Å². The van der Waals surface area contributed by atoms with Gasteiger partial charge in [0.15, 0.2) is 0 Å². The molecule has 0 aliphatic heterocycles. The summed E-state index contributed by atoms with van der Waals surface area (Å²) in [6.45, 7) is 4.17. The normalized spacial score (nSPS) is 9.89. The van der Waals surface area contributed by atoms with Gasteiger partial charge in [-0.3, -0.25) is 0 Å². The summed E-state index contributed by atoms with van der Waals surface area (Å²) in [5, 5.41) is 2.66. The van der Waals surface area contributed by atoms with E-state index in [2.05, 4.69) is 119 Å². The van der Waals surface area contributed by atoms with E-state index in [9.17, 15) is 0 Å². The minimum absolute atomic E-state index is 0. The van der Waals surface area contributed by atoms with E-state index in [1.54, 1.807) is 0 Å². The summed E-state index contributed by atoms with van der Waals surface area (Å²) >= 11 is 2.08. The average molecular weight is 400 g/mol. The minimum atomic E-state index is 0. The predicted molar refractivity (Wildman–Crippen MR) is 122 cm³/mol. The Morgan fingerprint density at radius 1 is 0.857 bits per heavy atom. The first-order valence-corrected chi connectivity index (χ1v) is 9.63. The SMILES string of the molecule is C[C](C)=[Ti].[CH3-].[CH3-].[c-]1cccc2c1Cc1ccccc1-2.c1ccc2[cH-]ccc2c1. The molecule has 0 saturated heterocycles. The van der Waals surface area contributed by atoms with Gasteiger partial charge in [0.25, 0.3) is 0 Å². The summed E-state index contributed by atoms with van der Waals surface area (Å²) in [4.78, 5) is 0. The van der Waals surface area contributed by atoms with Gasteiger partial charge in [-0.25, -0.2) is 0 Å². The maximum absolute atomic E-state index is 3.30. The molecule has 5 rings (SSSR count). The molecule has 0 saturated carbocycles. The largest absolute Gasteiger partial charge is 0.358 e. The molecule has 144 valence electrons. The summed E-state index contributed by atoms with van der Waals surface area (Å²) in [6, 6.07) is 32.8. The van der Waals surface area contributed by atoms with Crippen LogP contribution in [0.25, 0.3) is 21.9 Å². The van der Waals surface area contributed by atoms with E-state index < -0.39 is 0 Å². The number of rotatable bonds is 0. The van der Waals surface area contributed by atoms with E-state index in [0.29, 0.717) is 0 Å². The van der Waals surface area contributed by atoms with Crippen LogP contribution in [0.1, 0.15) is 25.0 Å². The Labute approximate surface area is 182 Å². The summed E-state index contributed by atoms with van der Waals surface area (Å²) in [6.07, 6.45) is 1.05. The first-order chi connectivity index (χ1) is 12.6. The third-order valence-electron chi connectivity index (χ3n) is 4.16. The molecule has 0 nitrogen and oxygen atoms in total. The van der Waals surface area contributed by atoms with Crippen molar-refractivity contribution < 1.29 is 20.0 Å². The van der Waals surface area contributed by atoms with Crippen LogP contribution in [0, 0.1) is 20.9 Å². The van der Waals surface area contributed by atoms with Crippen molar-refractivity contribution in [2.75, 3.05) is 0 Å². The monoisotopic (exact) mass is 400 g/mol. The number of benzene rings is 3. The second kappa shape index (κ2) is 11.6. The van der Waals surface area contributed by atoms with E-state index in [0.717, 1.165) is 6.42 Å². The maximum atomic E-state index is 3.30. The molecule has 4 aromatic rings. The molecule has 0 N–H and O–H groups in total. The smallest absolute Gasteiger partial charge is 0.0253 e. The first kappa shape index (κ1) is 23.9. The van der Waals surface area contributed by atoms with Gasteiger partial charge >= 0.3 is 37.6 Å². The zero-order chi connectivity index (χ0) is 18.4. The van der Waals surface area contributed by atoms with Gasteiger partial charge in [0.05, 0.1) is 0 Å². The van der Waals surface area contributed by atoms with Crippen molar-refractivity contribution in [2.45, 2.75) is 20.3 Å². The van der Waals surface area contributed by atoms with Gasteiger partial charge in [0.2, 0.25) is 0 Å². The van der Waals surface area contributed by atoms with Gasteiger partial charge in [-0.2, -0.15) is 47.3 Å². The minimum Gasteiger partial charge on any atom is -0.358 e. The molecule has 0 fully saturated rings. The van der Waals surface area contributed by atoms with Gasteiger partial charge in [-0.15, -0.1) is 35.2 Å². The zero-order valence-electron chi connectivity index (χ0n) is 17.3. The Morgan fingerprint density at radius 2 is 1.50 bits per heavy atom. The molecule has 1 heteroatoms. The molecule has 0 bridgehead atoms. The molecular weight excluding hydrogens is 372 g/mol. The molecule has 0 unspecified atom stereocenters. The fourth-order valence-electron chi connectivity index (χ4n) is 3.07. The Hall–Kier alpha value is -2.15. The fraction of sp³-hybridized carbons (Fsp3) is 0.111. The molecule has 0 heterocycles. The molecule has 28 heavy (non-hydrogen) atoms. The Balaban J connectivity index is 0.000000231. The Morgan fingerprint density at radius 3 is 2.25 bits per heavy atom. The molecule has 1 aliphatic rings. The third-order valence-corrected chi connectivity index (χ3v) is 4.16. The average Bonchev–Trinajstić information content (AvgIpc) is 3.26. The van der Waals surface area contributed by atoms with Crippen molar-refractivity contribution in [3.8, 4) is 11.1 Å². The molecule has 0 spiro atoms. The van der Waals surface area contributed by atoms with Crippen molar-refractivity contribution in [1.29, 1.82) is 0 Å². The van der Waals surface area contributed by atoms with Crippen LogP contribution >= 0.6 is 0 Å². The molecule has 0 aromatic heterocycles. The first-order valence-electron chi connectivity index (χ1n) is 8.85. The van der Waals surface area contributed by atoms with Crippen LogP contribution in [0.4, 0.5) is 0 Å². The third kappa shape index (κ3) is 6.19. The van der Waals surface area contributed by atoms with Crippen LogP contribution in [0.15, 0.2) is 84.9 Å². The Kier molecular flexibility index (Phi) is 9.93. The van der Waals surface area contributed by atoms with Crippen LogP contribution in [0.5, 0.6) is 0 Å². The van der Waals surface area contributed by atoms with Crippen LogP contribution in [0.3, 0.4) is 0 Å². The maximum Gasteiger partial charge on any atom is -0.0253 e. The second-order valence-electron chi connectivity index (χ2n) is 6.55. The summed E-state index contributed by atoms with van der Waals surface area (Å²) in [5.41, 5.74) is 5.51. The number of hydrogen-bond acceptors (Lipinski definition) is 0. The van der Waals surface area contributed by atoms with E-state index in [4.69, 9.17) is 0 Å². The molecular formula is C27H28Ti-4. The number of hydrogen-bond donors (Lipinski definition) is 0. The van der Waals surface area contributed by atoms with Crippen LogP contribution < -0.4 is 0 Å². The van der Waals surface area contributed by atoms with Gasteiger partial charge in [0, 0.05) is 0 Å². The summed E-state index contributed by atoms with van der Waals surface area (Å²) in [5.74, 6) is 0. The summed E-state index contributed by atoms with van der Waals surface area (Å²) in [7, 11) is 0. The standard InChI is InChI=1S/C13H9.C9H7.C3H6.2CH3.Ti/c1-3-7-12-10(5-1)9-11-6-2-4-8-13(11)12;1-2-5-9-7-3-6-8(9)4-1;1-3-2;;;/h1-5,7-8H,9H2;1-7H;1-2H3;2*1H3;/q2*-1;;2*-1;. The summed E-state index contributed by atoms with van der Waals surface area (Å²) < 4.78 is 1.42. The Bertz CT molecular complexity index is 930. The van der Waals surface area contributed by atoms with Gasteiger partial charge in [-0.1, -0.05) is 41.5 Å². The van der Waals surface area contributed by atoms with Crippen molar-refractivity contribution >= 4 is 14.6 Å². The van der Waals surface area contributed by atoms with Gasteiger partial charge < -0.3 is 14.9 Å². The van der Waals surface area contributed by atoms with E-state index in [-0.39, 0.29) is 14.9 Å². The van der Waals surface area contributed by atoms with E-state index >= 15 is 0 Å². The topological polar surface area (TPSA) is 0 Å². The van der Waals surface area contributed by atoms with Crippen molar-refractivity contribution in [3.63, 3.8) is 0 Å². The molecule has 0 atom stereocenters. The van der Waals surface area contributed by atoms with E-state index in [1.165, 1.54) is 36.8 Å². The van der Waals surface area contributed by atoms with E-state index in [1.807, 2.05) is 6.07 Å². The van der Waals surface area contributed by atoms with Crippen molar-refractivity contribution in [3.05, 3.63) is 117 Å². The van der Waals surface area contributed by atoms with Crippen LogP contribution in [-0.4, -0.2) is 3.81 Å². The van der Waals surface area contributed by atoms with Crippen LogP contribution in [0.2, 0.25) is 0 Å². The van der Waals surface area contributed by atoms with Crippen molar-refractivity contribution in [2.24, 2.45) is 0 Å². The molecule has 0 radical (unpaired) electrons. The predicted octanol–water partition coefficient (Wildman–Crippen LogP) is 7.26. The van der Waals surface area contributed by atoms with Crippen LogP contribution in [-0.2, 0) is 26.4 Å². The molecule has 4 aromatic carbocycles. The van der Waals surface area contributed by atoms with Gasteiger partial charge in [0.1, 0.15) is 0 Å². The molecule has 1 aliphatic carbocycles. The fourth-order valence-corrected chi connectivity index (χ4v) is 3.07. The van der Waals surface area contributed by atoms with Gasteiger partial charge in [-0.05, 0) is 6.42 Å².